The highest BCUT2D eigenvalue weighted by molar-refractivity contribution is 6.36. The van der Waals surface area contributed by atoms with Crippen molar-refractivity contribution in [2.75, 3.05) is 4.90 Å². The van der Waals surface area contributed by atoms with Crippen molar-refractivity contribution in [3.05, 3.63) is 51.1 Å². The number of anilines is 2. The lowest BCUT2D eigenvalue weighted by Gasteiger charge is -2.35. The molecule has 2 aromatic rings. The van der Waals surface area contributed by atoms with Crippen LogP contribution in [-0.4, -0.2) is 22.2 Å². The third-order valence-electron chi connectivity index (χ3n) is 5.51. The van der Waals surface area contributed by atoms with Gasteiger partial charge in [0, 0.05) is 27.7 Å². The zero-order chi connectivity index (χ0) is 16.5. The first-order valence-corrected chi connectivity index (χ1v) is 8.53. The van der Waals surface area contributed by atoms with Gasteiger partial charge in [-0.05, 0) is 50.1 Å². The Bertz CT molecular complexity index is 823. The van der Waals surface area contributed by atoms with E-state index >= 15 is 0 Å². The van der Waals surface area contributed by atoms with Crippen molar-refractivity contribution < 1.29 is 5.11 Å². The highest BCUT2D eigenvalue weighted by atomic mass is 35.5. The Hall–Kier alpha value is -1.29. The molecule has 0 saturated carbocycles. The Morgan fingerprint density at radius 1 is 1.30 bits per heavy atom. The van der Waals surface area contributed by atoms with Crippen molar-refractivity contribution in [1.82, 2.24) is 4.98 Å². The summed E-state index contributed by atoms with van der Waals surface area (Å²) in [6, 6.07) is 7.66. The van der Waals surface area contributed by atoms with E-state index in [0.717, 1.165) is 22.8 Å². The molecule has 0 bridgehead atoms. The highest BCUT2D eigenvalue weighted by Crippen LogP contribution is 2.56. The van der Waals surface area contributed by atoms with E-state index in [-0.39, 0.29) is 11.5 Å². The van der Waals surface area contributed by atoms with Crippen molar-refractivity contribution in [3.8, 4) is 0 Å². The molecule has 0 radical (unpaired) electrons. The quantitative estimate of drug-likeness (QED) is 0.828. The molecule has 3 nitrogen and oxygen atoms in total. The average molecular weight is 349 g/mol. The number of aliphatic hydroxyl groups excluding tert-OH is 1. The number of rotatable bonds is 1. The van der Waals surface area contributed by atoms with Crippen molar-refractivity contribution in [2.24, 2.45) is 0 Å². The van der Waals surface area contributed by atoms with E-state index in [1.807, 2.05) is 19.1 Å². The summed E-state index contributed by atoms with van der Waals surface area (Å²) in [6.45, 7) is 6.24. The second-order valence-electron chi connectivity index (χ2n) is 6.77. The molecular weight excluding hydrogens is 331 g/mol. The number of aliphatic hydroxyl groups is 1. The maximum Gasteiger partial charge on any atom is 0.137 e. The molecule has 120 valence electrons. The van der Waals surface area contributed by atoms with Crippen LogP contribution in [-0.2, 0) is 11.8 Å². The number of nitrogens with zero attached hydrogens (tertiary/aromatic N) is 2. The number of halogens is 2. The average Bonchev–Trinajstić information content (AvgIpc) is 2.85. The smallest absolute Gasteiger partial charge is 0.137 e. The molecule has 0 amide bonds. The zero-order valence-corrected chi connectivity index (χ0v) is 14.8. The van der Waals surface area contributed by atoms with Crippen molar-refractivity contribution in [1.29, 1.82) is 0 Å². The van der Waals surface area contributed by atoms with Gasteiger partial charge in [0.15, 0.2) is 0 Å². The number of pyridine rings is 1. The van der Waals surface area contributed by atoms with Crippen LogP contribution in [0.3, 0.4) is 0 Å². The van der Waals surface area contributed by atoms with Gasteiger partial charge in [0.2, 0.25) is 0 Å². The molecule has 1 N–H and O–H groups in total. The van der Waals surface area contributed by atoms with Gasteiger partial charge in [0.05, 0.1) is 16.8 Å². The summed E-state index contributed by atoms with van der Waals surface area (Å²) >= 11 is 12.5. The molecule has 1 aliphatic carbocycles. The summed E-state index contributed by atoms with van der Waals surface area (Å²) in [7, 11) is 0. The topological polar surface area (TPSA) is 36.4 Å². The van der Waals surface area contributed by atoms with Gasteiger partial charge in [-0.3, -0.25) is 0 Å². The minimum atomic E-state index is -0.411. The first kappa shape index (κ1) is 15.3. The molecule has 0 saturated heterocycles. The maximum atomic E-state index is 10.7. The SMILES string of the molecule is Cc1cc2c3c(n1)N(c1ccc(Cl)cc1Cl)C(C)C3(C)C(O)C2. The molecule has 3 unspecified atom stereocenters. The third kappa shape index (κ3) is 1.90. The molecule has 1 aliphatic heterocycles. The molecule has 3 atom stereocenters. The van der Waals surface area contributed by atoms with Gasteiger partial charge in [-0.1, -0.05) is 30.1 Å². The summed E-state index contributed by atoms with van der Waals surface area (Å²) in [5.74, 6) is 0.913. The number of aromatic nitrogens is 1. The fourth-order valence-electron chi connectivity index (χ4n) is 4.17. The van der Waals surface area contributed by atoms with Gasteiger partial charge in [-0.2, -0.15) is 0 Å². The fourth-order valence-corrected chi connectivity index (χ4v) is 4.67. The monoisotopic (exact) mass is 348 g/mol. The van der Waals surface area contributed by atoms with E-state index in [9.17, 15) is 5.11 Å². The number of hydrogen-bond donors (Lipinski definition) is 1. The molecule has 5 heteroatoms. The second-order valence-corrected chi connectivity index (χ2v) is 7.61. The lowest BCUT2D eigenvalue weighted by molar-refractivity contribution is 0.0977. The number of benzene rings is 1. The van der Waals surface area contributed by atoms with E-state index in [2.05, 4.69) is 24.8 Å². The van der Waals surface area contributed by atoms with Crippen LogP contribution in [0.4, 0.5) is 11.5 Å². The Balaban J connectivity index is 1.98. The van der Waals surface area contributed by atoms with Gasteiger partial charge in [0.25, 0.3) is 0 Å². The maximum absolute atomic E-state index is 10.7. The molecule has 2 heterocycles. The lowest BCUT2D eigenvalue weighted by atomic mass is 9.79. The number of aryl methyl sites for hydroxylation is 1. The molecule has 4 rings (SSSR count). The highest BCUT2D eigenvalue weighted by Gasteiger charge is 2.56. The fraction of sp³-hybridized carbons (Fsp3) is 0.389. The van der Waals surface area contributed by atoms with Gasteiger partial charge in [-0.25, -0.2) is 4.98 Å². The second kappa shape index (κ2) is 4.85. The van der Waals surface area contributed by atoms with Crippen LogP contribution < -0.4 is 4.90 Å². The first-order valence-electron chi connectivity index (χ1n) is 7.77. The van der Waals surface area contributed by atoms with Crippen LogP contribution in [0.2, 0.25) is 10.0 Å². The normalized spacial score (nSPS) is 28.3. The summed E-state index contributed by atoms with van der Waals surface area (Å²) in [6.07, 6.45) is 0.278. The van der Waals surface area contributed by atoms with Gasteiger partial charge < -0.3 is 10.0 Å². The predicted octanol–water partition coefficient (Wildman–Crippen LogP) is 4.41. The summed E-state index contributed by atoms with van der Waals surface area (Å²) in [5, 5.41) is 11.9. The van der Waals surface area contributed by atoms with E-state index in [4.69, 9.17) is 28.2 Å². The molecule has 0 fully saturated rings. The van der Waals surface area contributed by atoms with Gasteiger partial charge >= 0.3 is 0 Å². The van der Waals surface area contributed by atoms with Crippen LogP contribution in [0.25, 0.3) is 0 Å². The van der Waals surface area contributed by atoms with E-state index in [1.54, 1.807) is 6.07 Å². The van der Waals surface area contributed by atoms with Crippen molar-refractivity contribution in [2.45, 2.75) is 44.8 Å². The van der Waals surface area contributed by atoms with E-state index in [0.29, 0.717) is 16.5 Å². The van der Waals surface area contributed by atoms with Crippen LogP contribution >= 0.6 is 23.2 Å². The van der Waals surface area contributed by atoms with E-state index in [1.165, 1.54) is 5.56 Å². The Kier molecular flexibility index (Phi) is 3.22. The Morgan fingerprint density at radius 2 is 2.04 bits per heavy atom. The van der Waals surface area contributed by atoms with Crippen molar-refractivity contribution >= 4 is 34.7 Å². The van der Waals surface area contributed by atoms with Crippen LogP contribution in [0, 0.1) is 6.92 Å². The number of hydrogen-bond acceptors (Lipinski definition) is 3. The van der Waals surface area contributed by atoms with Gasteiger partial charge in [0.1, 0.15) is 5.82 Å². The molecule has 1 aromatic carbocycles. The molecule has 2 aliphatic rings. The zero-order valence-electron chi connectivity index (χ0n) is 13.3. The minimum absolute atomic E-state index is 0.0572. The van der Waals surface area contributed by atoms with Crippen molar-refractivity contribution in [3.63, 3.8) is 0 Å². The third-order valence-corrected chi connectivity index (χ3v) is 6.04. The molecular formula is C18H18Cl2N2O. The lowest BCUT2D eigenvalue weighted by Crippen LogP contribution is -2.45. The summed E-state index contributed by atoms with van der Waals surface area (Å²) < 4.78 is 0. The molecule has 0 spiro atoms. The minimum Gasteiger partial charge on any atom is -0.392 e. The Labute approximate surface area is 145 Å². The van der Waals surface area contributed by atoms with Gasteiger partial charge in [-0.15, -0.1) is 0 Å². The summed E-state index contributed by atoms with van der Waals surface area (Å²) in [5.41, 5.74) is 3.86. The standard InChI is InChI=1S/C18H18Cl2N2O/c1-9-6-11-7-15(23)18(3)10(2)22(17(21-9)16(11)18)14-5-4-12(19)8-13(14)20/h4-6,8,10,15,23H,7H2,1-3H3. The van der Waals surface area contributed by atoms with E-state index < -0.39 is 6.10 Å². The largest absolute Gasteiger partial charge is 0.392 e. The Morgan fingerprint density at radius 3 is 2.74 bits per heavy atom. The van der Waals surface area contributed by atoms with Crippen LogP contribution in [0.1, 0.15) is 30.7 Å². The molecule has 1 aromatic heterocycles. The predicted molar refractivity (Wildman–Crippen MR) is 94.1 cm³/mol. The summed E-state index contributed by atoms with van der Waals surface area (Å²) in [4.78, 5) is 6.93. The van der Waals surface area contributed by atoms with Crippen LogP contribution in [0.5, 0.6) is 0 Å². The first-order chi connectivity index (χ1) is 10.8. The molecule has 23 heavy (non-hydrogen) atoms. The van der Waals surface area contributed by atoms with Crippen LogP contribution in [0.15, 0.2) is 24.3 Å².